The number of pyridine rings is 1. The standard InChI is InChI=1S/C12H19N3O2/c1-2-3-11(16)8-15-12(17)6-10-5-4-9(13)7-14-10/h4-5,7,11,16H,2-3,6,8,13H2,1H3,(H,15,17). The van der Waals surface area contributed by atoms with E-state index in [4.69, 9.17) is 5.73 Å². The molecule has 0 saturated carbocycles. The number of hydrogen-bond donors (Lipinski definition) is 3. The topological polar surface area (TPSA) is 88.2 Å². The van der Waals surface area contributed by atoms with Crippen LogP contribution in [-0.2, 0) is 11.2 Å². The summed E-state index contributed by atoms with van der Waals surface area (Å²) in [4.78, 5) is 15.5. The number of nitrogens with one attached hydrogen (secondary N) is 1. The van der Waals surface area contributed by atoms with Crippen molar-refractivity contribution in [2.75, 3.05) is 12.3 Å². The number of aliphatic hydroxyl groups is 1. The second kappa shape index (κ2) is 6.85. The smallest absolute Gasteiger partial charge is 0.226 e. The van der Waals surface area contributed by atoms with Crippen molar-refractivity contribution >= 4 is 11.6 Å². The fourth-order valence-electron chi connectivity index (χ4n) is 1.43. The summed E-state index contributed by atoms with van der Waals surface area (Å²) in [6, 6.07) is 3.43. The lowest BCUT2D eigenvalue weighted by atomic mass is 10.2. The third-order valence-corrected chi connectivity index (χ3v) is 2.35. The van der Waals surface area contributed by atoms with Crippen LogP contribution in [0.25, 0.3) is 0 Å². The molecule has 1 atom stereocenters. The van der Waals surface area contributed by atoms with Gasteiger partial charge in [0.05, 0.1) is 24.4 Å². The minimum atomic E-state index is -0.469. The first-order valence-corrected chi connectivity index (χ1v) is 5.77. The third kappa shape index (κ3) is 5.31. The molecule has 4 N–H and O–H groups in total. The lowest BCUT2D eigenvalue weighted by Crippen LogP contribution is -2.33. The zero-order valence-corrected chi connectivity index (χ0v) is 10.0. The van der Waals surface area contributed by atoms with Gasteiger partial charge in [0.2, 0.25) is 5.91 Å². The third-order valence-electron chi connectivity index (χ3n) is 2.35. The van der Waals surface area contributed by atoms with E-state index in [0.717, 1.165) is 6.42 Å². The Morgan fingerprint density at radius 2 is 2.35 bits per heavy atom. The molecular weight excluding hydrogens is 218 g/mol. The van der Waals surface area contributed by atoms with Gasteiger partial charge in [0.1, 0.15) is 0 Å². The van der Waals surface area contributed by atoms with Gasteiger partial charge in [-0.25, -0.2) is 0 Å². The highest BCUT2D eigenvalue weighted by atomic mass is 16.3. The Labute approximate surface area is 101 Å². The van der Waals surface area contributed by atoms with Gasteiger partial charge in [0.15, 0.2) is 0 Å². The van der Waals surface area contributed by atoms with E-state index in [9.17, 15) is 9.90 Å². The quantitative estimate of drug-likeness (QED) is 0.671. The Morgan fingerprint density at radius 1 is 1.59 bits per heavy atom. The van der Waals surface area contributed by atoms with Gasteiger partial charge in [-0.1, -0.05) is 13.3 Å². The van der Waals surface area contributed by atoms with Crippen LogP contribution in [0.15, 0.2) is 18.3 Å². The molecule has 5 nitrogen and oxygen atoms in total. The molecule has 1 rings (SSSR count). The zero-order valence-electron chi connectivity index (χ0n) is 10.0. The minimum Gasteiger partial charge on any atom is -0.397 e. The Balaban J connectivity index is 2.32. The van der Waals surface area contributed by atoms with Gasteiger partial charge in [0, 0.05) is 12.2 Å². The second-order valence-corrected chi connectivity index (χ2v) is 4.01. The van der Waals surface area contributed by atoms with Crippen LogP contribution in [-0.4, -0.2) is 28.6 Å². The van der Waals surface area contributed by atoms with Gasteiger partial charge >= 0.3 is 0 Å². The zero-order chi connectivity index (χ0) is 12.7. The molecule has 5 heteroatoms. The van der Waals surface area contributed by atoms with E-state index >= 15 is 0 Å². The Bertz CT molecular complexity index is 351. The number of nitrogens with two attached hydrogens (primary N) is 1. The minimum absolute atomic E-state index is 0.141. The second-order valence-electron chi connectivity index (χ2n) is 4.01. The Hall–Kier alpha value is -1.62. The van der Waals surface area contributed by atoms with Crippen LogP contribution in [0.1, 0.15) is 25.5 Å². The van der Waals surface area contributed by atoms with Crippen molar-refractivity contribution in [3.8, 4) is 0 Å². The van der Waals surface area contributed by atoms with Gasteiger partial charge in [-0.3, -0.25) is 9.78 Å². The summed E-state index contributed by atoms with van der Waals surface area (Å²) in [5, 5.41) is 12.1. The van der Waals surface area contributed by atoms with E-state index in [1.165, 1.54) is 6.20 Å². The average molecular weight is 237 g/mol. The average Bonchev–Trinajstić information content (AvgIpc) is 2.30. The largest absolute Gasteiger partial charge is 0.397 e. The molecule has 0 aromatic carbocycles. The molecular formula is C12H19N3O2. The van der Waals surface area contributed by atoms with Crippen molar-refractivity contribution in [3.63, 3.8) is 0 Å². The summed E-state index contributed by atoms with van der Waals surface area (Å²) >= 11 is 0. The first-order chi connectivity index (χ1) is 8.11. The molecule has 0 bridgehead atoms. The van der Waals surface area contributed by atoms with E-state index in [-0.39, 0.29) is 12.3 Å². The van der Waals surface area contributed by atoms with Gasteiger partial charge in [-0.2, -0.15) is 0 Å². The number of hydrogen-bond acceptors (Lipinski definition) is 4. The van der Waals surface area contributed by atoms with E-state index in [1.807, 2.05) is 6.92 Å². The van der Waals surface area contributed by atoms with Crippen LogP contribution in [0.4, 0.5) is 5.69 Å². The highest BCUT2D eigenvalue weighted by Crippen LogP contribution is 2.01. The molecule has 0 fully saturated rings. The van der Waals surface area contributed by atoms with E-state index in [1.54, 1.807) is 12.1 Å². The molecule has 0 saturated heterocycles. The maximum Gasteiger partial charge on any atom is 0.226 e. The van der Waals surface area contributed by atoms with E-state index in [0.29, 0.717) is 24.3 Å². The van der Waals surface area contributed by atoms with E-state index in [2.05, 4.69) is 10.3 Å². The maximum atomic E-state index is 11.5. The fraction of sp³-hybridized carbons (Fsp3) is 0.500. The number of carbonyl (C=O) groups excluding carboxylic acids is 1. The number of aromatic nitrogens is 1. The van der Waals surface area contributed by atoms with Crippen LogP contribution in [0.5, 0.6) is 0 Å². The number of nitrogen functional groups attached to an aromatic ring is 1. The number of rotatable bonds is 6. The molecule has 1 heterocycles. The molecule has 1 unspecified atom stereocenters. The Kier molecular flexibility index (Phi) is 5.42. The highest BCUT2D eigenvalue weighted by Gasteiger charge is 2.07. The fourth-order valence-corrected chi connectivity index (χ4v) is 1.43. The van der Waals surface area contributed by atoms with Crippen LogP contribution >= 0.6 is 0 Å². The van der Waals surface area contributed by atoms with Crippen molar-refractivity contribution in [2.24, 2.45) is 0 Å². The van der Waals surface area contributed by atoms with Crippen molar-refractivity contribution in [1.82, 2.24) is 10.3 Å². The summed E-state index contributed by atoms with van der Waals surface area (Å²) in [5.41, 5.74) is 6.74. The van der Waals surface area contributed by atoms with E-state index < -0.39 is 6.10 Å². The van der Waals surface area contributed by atoms with Gasteiger partial charge in [-0.15, -0.1) is 0 Å². The first-order valence-electron chi connectivity index (χ1n) is 5.77. The molecule has 1 amide bonds. The molecule has 1 aromatic rings. The van der Waals surface area contributed by atoms with Crippen LogP contribution < -0.4 is 11.1 Å². The van der Waals surface area contributed by atoms with Crippen LogP contribution in [0.2, 0.25) is 0 Å². The lowest BCUT2D eigenvalue weighted by molar-refractivity contribution is -0.121. The van der Waals surface area contributed by atoms with Gasteiger partial charge in [0.25, 0.3) is 0 Å². The number of amides is 1. The SMILES string of the molecule is CCCC(O)CNC(=O)Cc1ccc(N)cn1. The summed E-state index contributed by atoms with van der Waals surface area (Å²) < 4.78 is 0. The monoisotopic (exact) mass is 237 g/mol. The van der Waals surface area contributed by atoms with Gasteiger partial charge in [-0.05, 0) is 18.6 Å². The molecule has 17 heavy (non-hydrogen) atoms. The summed E-state index contributed by atoms with van der Waals surface area (Å²) in [7, 11) is 0. The molecule has 0 radical (unpaired) electrons. The molecule has 0 aliphatic carbocycles. The molecule has 0 spiro atoms. The first kappa shape index (κ1) is 13.4. The van der Waals surface area contributed by atoms with Crippen LogP contribution in [0, 0.1) is 0 Å². The molecule has 94 valence electrons. The van der Waals surface area contributed by atoms with Crippen molar-refractivity contribution in [1.29, 1.82) is 0 Å². The summed E-state index contributed by atoms with van der Waals surface area (Å²) in [6.07, 6.45) is 2.85. The number of carbonyl (C=O) groups is 1. The normalized spacial score (nSPS) is 12.1. The highest BCUT2D eigenvalue weighted by molar-refractivity contribution is 5.78. The molecule has 0 aliphatic rings. The maximum absolute atomic E-state index is 11.5. The van der Waals surface area contributed by atoms with Crippen molar-refractivity contribution in [2.45, 2.75) is 32.3 Å². The predicted molar refractivity (Wildman–Crippen MR) is 66.3 cm³/mol. The Morgan fingerprint density at radius 3 is 2.94 bits per heavy atom. The van der Waals surface area contributed by atoms with Crippen molar-refractivity contribution < 1.29 is 9.90 Å². The number of anilines is 1. The predicted octanol–water partition coefficient (Wildman–Crippen LogP) is 0.483. The summed E-state index contributed by atoms with van der Waals surface area (Å²) in [5.74, 6) is -0.141. The molecule has 0 aliphatic heterocycles. The number of nitrogens with zero attached hydrogens (tertiary/aromatic N) is 1. The summed E-state index contributed by atoms with van der Waals surface area (Å²) in [6.45, 7) is 2.28. The number of aliphatic hydroxyl groups excluding tert-OH is 1. The van der Waals surface area contributed by atoms with Crippen LogP contribution in [0.3, 0.4) is 0 Å². The molecule has 1 aromatic heterocycles. The van der Waals surface area contributed by atoms with Gasteiger partial charge < -0.3 is 16.2 Å². The lowest BCUT2D eigenvalue weighted by Gasteiger charge is -2.10. The van der Waals surface area contributed by atoms with Crippen molar-refractivity contribution in [3.05, 3.63) is 24.0 Å².